The molecule has 36 heavy (non-hydrogen) atoms. The minimum Gasteiger partial charge on any atom is -0.481 e. The quantitative estimate of drug-likeness (QED) is 0.376. The smallest absolute Gasteiger partial charge is 0.308 e. The molecule has 0 bridgehead atoms. The monoisotopic (exact) mass is 504 g/mol. The van der Waals surface area contributed by atoms with Crippen molar-refractivity contribution in [3.63, 3.8) is 0 Å². The van der Waals surface area contributed by atoms with Gasteiger partial charge in [0.05, 0.1) is 18.6 Å². The lowest BCUT2D eigenvalue weighted by molar-refractivity contribution is -0.144. The zero-order valence-electron chi connectivity index (χ0n) is 22.4. The van der Waals surface area contributed by atoms with Crippen LogP contribution in [0.25, 0.3) is 0 Å². The summed E-state index contributed by atoms with van der Waals surface area (Å²) >= 11 is 0. The van der Waals surface area contributed by atoms with Gasteiger partial charge in [0.25, 0.3) is 0 Å². The Morgan fingerprint density at radius 3 is 2.42 bits per heavy atom. The number of fused-ring (bicyclic) bond motifs is 1. The van der Waals surface area contributed by atoms with Gasteiger partial charge in [0.2, 0.25) is 12.7 Å². The predicted molar refractivity (Wildman–Crippen MR) is 139 cm³/mol. The Morgan fingerprint density at radius 1 is 1.11 bits per heavy atom. The van der Waals surface area contributed by atoms with E-state index in [1.165, 1.54) is 0 Å². The predicted octanol–water partition coefficient (Wildman–Crippen LogP) is 4.52. The average Bonchev–Trinajstić information content (AvgIpc) is 3.48. The van der Waals surface area contributed by atoms with Crippen molar-refractivity contribution in [2.24, 2.45) is 5.92 Å². The Morgan fingerprint density at radius 2 is 1.81 bits per heavy atom. The first-order valence-electron chi connectivity index (χ1n) is 13.6. The van der Waals surface area contributed by atoms with Crippen molar-refractivity contribution in [2.75, 3.05) is 40.1 Å². The summed E-state index contributed by atoms with van der Waals surface area (Å²) in [7, 11) is 1.69. The maximum absolute atomic E-state index is 13.5. The molecule has 1 fully saturated rings. The molecule has 0 aromatic heterocycles. The van der Waals surface area contributed by atoms with Crippen LogP contribution in [-0.4, -0.2) is 79.0 Å². The number of aliphatic carboxylic acids is 1. The SMILES string of the molecule is CCCCN(CCCC)C(=O)CN1CC(c2ccc3c(c2)OCO3)C(C(=O)O)C1CC(CCC)OC. The Labute approximate surface area is 215 Å². The molecule has 4 unspecified atom stereocenters. The van der Waals surface area contributed by atoms with Gasteiger partial charge in [-0.1, -0.05) is 46.1 Å². The van der Waals surface area contributed by atoms with E-state index in [1.807, 2.05) is 23.1 Å². The molecule has 0 saturated carbocycles. The van der Waals surface area contributed by atoms with Gasteiger partial charge in [-0.2, -0.15) is 0 Å². The summed E-state index contributed by atoms with van der Waals surface area (Å²) in [6, 6.07) is 5.40. The third kappa shape index (κ3) is 6.91. The summed E-state index contributed by atoms with van der Waals surface area (Å²) in [4.78, 5) is 30.2. The Hall–Kier alpha value is -2.32. The van der Waals surface area contributed by atoms with Crippen LogP contribution in [0.1, 0.15) is 77.2 Å². The lowest BCUT2D eigenvalue weighted by Gasteiger charge is -2.31. The topological polar surface area (TPSA) is 88.5 Å². The molecule has 0 spiro atoms. The van der Waals surface area contributed by atoms with E-state index in [2.05, 4.69) is 25.7 Å². The first-order valence-corrected chi connectivity index (χ1v) is 13.6. The second-order valence-corrected chi connectivity index (χ2v) is 10.0. The van der Waals surface area contributed by atoms with E-state index in [0.717, 1.165) is 57.2 Å². The molecule has 1 aromatic carbocycles. The third-order valence-electron chi connectivity index (χ3n) is 7.56. The van der Waals surface area contributed by atoms with Gasteiger partial charge in [0.15, 0.2) is 11.5 Å². The summed E-state index contributed by atoms with van der Waals surface area (Å²) in [5.74, 6) is -0.327. The van der Waals surface area contributed by atoms with E-state index < -0.39 is 11.9 Å². The highest BCUT2D eigenvalue weighted by molar-refractivity contribution is 5.79. The highest BCUT2D eigenvalue weighted by Crippen LogP contribution is 2.43. The molecule has 2 aliphatic heterocycles. The molecule has 1 N–H and O–H groups in total. The van der Waals surface area contributed by atoms with E-state index in [4.69, 9.17) is 14.2 Å². The fraction of sp³-hybridized carbons (Fsp3) is 0.714. The highest BCUT2D eigenvalue weighted by atomic mass is 16.7. The van der Waals surface area contributed by atoms with Crippen molar-refractivity contribution >= 4 is 11.9 Å². The van der Waals surface area contributed by atoms with Crippen LogP contribution in [0, 0.1) is 5.92 Å². The molecule has 8 nitrogen and oxygen atoms in total. The number of hydrogen-bond donors (Lipinski definition) is 1. The van der Waals surface area contributed by atoms with Crippen LogP contribution < -0.4 is 9.47 Å². The number of carboxylic acid groups (broad SMARTS) is 1. The molecule has 1 amide bonds. The molecule has 2 heterocycles. The zero-order valence-corrected chi connectivity index (χ0v) is 22.4. The fourth-order valence-corrected chi connectivity index (χ4v) is 5.52. The van der Waals surface area contributed by atoms with Crippen LogP contribution in [0.4, 0.5) is 0 Å². The normalized spacial score (nSPS) is 22.1. The van der Waals surface area contributed by atoms with Gasteiger partial charge in [0, 0.05) is 38.7 Å². The van der Waals surface area contributed by atoms with Crippen LogP contribution in [0.15, 0.2) is 18.2 Å². The van der Waals surface area contributed by atoms with Gasteiger partial charge in [-0.3, -0.25) is 14.5 Å². The number of unbranched alkanes of at least 4 members (excludes halogenated alkanes) is 2. The number of ether oxygens (including phenoxy) is 3. The Kier molecular flexibility index (Phi) is 10.9. The van der Waals surface area contributed by atoms with Gasteiger partial charge in [-0.15, -0.1) is 0 Å². The number of carboxylic acids is 1. The minimum absolute atomic E-state index is 0.0498. The number of likely N-dealkylation sites (tertiary alicyclic amines) is 1. The first kappa shape index (κ1) is 28.3. The van der Waals surface area contributed by atoms with Crippen molar-refractivity contribution in [1.29, 1.82) is 0 Å². The second-order valence-electron chi connectivity index (χ2n) is 10.0. The molecule has 202 valence electrons. The summed E-state index contributed by atoms with van der Waals surface area (Å²) in [6.07, 6.45) is 6.34. The standard InChI is InChI=1S/C28H44N2O6/c1-5-8-13-29(14-9-6-2)26(31)18-30-17-22(20-11-12-24-25(15-20)36-19-35-24)27(28(32)33)23(30)16-21(34-4)10-7-3/h11-12,15,21-23,27H,5-10,13-14,16-19H2,1-4H3,(H,32,33). The van der Waals surface area contributed by atoms with Crippen LogP contribution in [0.3, 0.4) is 0 Å². The molecule has 0 aliphatic carbocycles. The van der Waals surface area contributed by atoms with E-state index >= 15 is 0 Å². The molecular formula is C28H44N2O6. The van der Waals surface area contributed by atoms with Crippen molar-refractivity contribution in [3.05, 3.63) is 23.8 Å². The van der Waals surface area contributed by atoms with E-state index in [9.17, 15) is 14.7 Å². The molecule has 3 rings (SSSR count). The van der Waals surface area contributed by atoms with Crippen LogP contribution in [0.2, 0.25) is 0 Å². The van der Waals surface area contributed by atoms with Gasteiger partial charge >= 0.3 is 5.97 Å². The maximum Gasteiger partial charge on any atom is 0.308 e. The molecule has 1 aromatic rings. The van der Waals surface area contributed by atoms with Crippen LogP contribution in [-0.2, 0) is 14.3 Å². The third-order valence-corrected chi connectivity index (χ3v) is 7.56. The molecule has 1 saturated heterocycles. The van der Waals surface area contributed by atoms with Gasteiger partial charge in [-0.25, -0.2) is 0 Å². The summed E-state index contributed by atoms with van der Waals surface area (Å²) in [5.41, 5.74) is 0.907. The van der Waals surface area contributed by atoms with Crippen molar-refractivity contribution in [2.45, 2.75) is 83.8 Å². The first-order chi connectivity index (χ1) is 17.4. The van der Waals surface area contributed by atoms with Gasteiger partial charge in [-0.05, 0) is 43.4 Å². The molecular weight excluding hydrogens is 460 g/mol. The van der Waals surface area contributed by atoms with Gasteiger partial charge < -0.3 is 24.2 Å². The Bertz CT molecular complexity index is 854. The van der Waals surface area contributed by atoms with Crippen LogP contribution >= 0.6 is 0 Å². The molecule has 4 atom stereocenters. The maximum atomic E-state index is 13.5. The lowest BCUT2D eigenvalue weighted by atomic mass is 9.83. The number of hydrogen-bond acceptors (Lipinski definition) is 6. The van der Waals surface area contributed by atoms with Gasteiger partial charge in [0.1, 0.15) is 0 Å². The summed E-state index contributed by atoms with van der Waals surface area (Å²) in [5, 5.41) is 10.4. The van der Waals surface area contributed by atoms with E-state index in [0.29, 0.717) is 24.5 Å². The van der Waals surface area contributed by atoms with Crippen molar-refractivity contribution < 1.29 is 28.9 Å². The Balaban J connectivity index is 1.88. The van der Waals surface area contributed by atoms with Crippen molar-refractivity contribution in [3.8, 4) is 11.5 Å². The average molecular weight is 505 g/mol. The number of methoxy groups -OCH3 is 1. The number of benzene rings is 1. The number of nitrogens with zero attached hydrogens (tertiary/aromatic N) is 2. The van der Waals surface area contributed by atoms with Crippen molar-refractivity contribution in [1.82, 2.24) is 9.80 Å². The molecule has 2 aliphatic rings. The molecule has 0 radical (unpaired) electrons. The zero-order chi connectivity index (χ0) is 26.1. The highest BCUT2D eigenvalue weighted by Gasteiger charge is 2.48. The number of carbonyl (C=O) groups excluding carboxylic acids is 1. The van der Waals surface area contributed by atoms with E-state index in [1.54, 1.807) is 7.11 Å². The van der Waals surface area contributed by atoms with E-state index in [-0.39, 0.29) is 37.3 Å². The van der Waals surface area contributed by atoms with Crippen LogP contribution in [0.5, 0.6) is 11.5 Å². The number of rotatable bonds is 15. The second kappa shape index (κ2) is 13.8. The fourth-order valence-electron chi connectivity index (χ4n) is 5.52. The molecule has 8 heteroatoms. The number of amides is 1. The number of carbonyl (C=O) groups is 2. The largest absolute Gasteiger partial charge is 0.481 e. The summed E-state index contributed by atoms with van der Waals surface area (Å²) in [6.45, 7) is 8.77. The summed E-state index contributed by atoms with van der Waals surface area (Å²) < 4.78 is 16.8. The minimum atomic E-state index is -0.835. The lowest BCUT2D eigenvalue weighted by Crippen LogP contribution is -2.45.